The van der Waals surface area contributed by atoms with E-state index < -0.39 is 0 Å². The molecule has 2 aromatic heterocycles. The molecule has 0 amide bonds. The standard InChI is InChI=1S/C23H31N3O/c1-3-17-8-11-25(12-9-17)15-18-4-5-19(14-18)26-13-10-20-21(26)6-7-22-23(20)16(2)24-27-22/h6-7,10,13,17-19H,3-5,8-9,11-12,14-15H2,1-2H3/t18-,19?/m1/s1. The molecule has 3 heterocycles. The molecule has 144 valence electrons. The molecule has 3 aromatic rings. The number of likely N-dealkylation sites (tertiary alicyclic amines) is 1. The van der Waals surface area contributed by atoms with E-state index in [9.17, 15) is 0 Å². The van der Waals surface area contributed by atoms with Crippen molar-refractivity contribution in [3.63, 3.8) is 0 Å². The van der Waals surface area contributed by atoms with Crippen LogP contribution in [-0.4, -0.2) is 34.3 Å². The van der Waals surface area contributed by atoms with Crippen LogP contribution in [0.1, 0.15) is 57.2 Å². The molecule has 1 aliphatic heterocycles. The van der Waals surface area contributed by atoms with E-state index in [-0.39, 0.29) is 0 Å². The zero-order valence-electron chi connectivity index (χ0n) is 16.7. The van der Waals surface area contributed by atoms with Crippen molar-refractivity contribution in [2.75, 3.05) is 19.6 Å². The van der Waals surface area contributed by atoms with Gasteiger partial charge in [0.15, 0.2) is 5.58 Å². The van der Waals surface area contributed by atoms with Gasteiger partial charge in [-0.25, -0.2) is 0 Å². The van der Waals surface area contributed by atoms with E-state index in [1.54, 1.807) is 0 Å². The summed E-state index contributed by atoms with van der Waals surface area (Å²) in [7, 11) is 0. The highest BCUT2D eigenvalue weighted by Gasteiger charge is 2.29. The number of hydrogen-bond donors (Lipinski definition) is 0. The highest BCUT2D eigenvalue weighted by Crippen LogP contribution is 2.39. The molecule has 0 N–H and O–H groups in total. The Kier molecular flexibility index (Phi) is 4.47. The van der Waals surface area contributed by atoms with Gasteiger partial charge in [0.25, 0.3) is 0 Å². The molecule has 4 nitrogen and oxygen atoms in total. The van der Waals surface area contributed by atoms with E-state index in [1.165, 1.54) is 74.4 Å². The Morgan fingerprint density at radius 2 is 1.93 bits per heavy atom. The minimum absolute atomic E-state index is 0.637. The molecule has 1 unspecified atom stereocenters. The van der Waals surface area contributed by atoms with E-state index in [2.05, 4.69) is 45.9 Å². The first-order valence-electron chi connectivity index (χ1n) is 10.8. The van der Waals surface area contributed by atoms with Crippen molar-refractivity contribution in [3.8, 4) is 0 Å². The fraction of sp³-hybridized carbons (Fsp3) is 0.609. The summed E-state index contributed by atoms with van der Waals surface area (Å²) in [4.78, 5) is 2.73. The number of nitrogens with zero attached hydrogens (tertiary/aromatic N) is 3. The first-order valence-corrected chi connectivity index (χ1v) is 10.8. The predicted octanol–water partition coefficient (Wildman–Crippen LogP) is 5.55. The summed E-state index contributed by atoms with van der Waals surface area (Å²) in [6.07, 6.45) is 10.5. The second-order valence-corrected chi connectivity index (χ2v) is 8.85. The van der Waals surface area contributed by atoms with Crippen molar-refractivity contribution in [1.29, 1.82) is 0 Å². The van der Waals surface area contributed by atoms with E-state index in [1.807, 2.05) is 6.92 Å². The summed E-state index contributed by atoms with van der Waals surface area (Å²) in [6.45, 7) is 8.32. The van der Waals surface area contributed by atoms with Crippen molar-refractivity contribution >= 4 is 21.9 Å². The Hall–Kier alpha value is -1.81. The van der Waals surface area contributed by atoms with Crippen LogP contribution >= 0.6 is 0 Å². The molecular weight excluding hydrogens is 334 g/mol. The molecular formula is C23H31N3O. The minimum Gasteiger partial charge on any atom is -0.356 e. The van der Waals surface area contributed by atoms with Gasteiger partial charge in [0.1, 0.15) is 0 Å². The molecule has 0 radical (unpaired) electrons. The first kappa shape index (κ1) is 17.3. The summed E-state index contributed by atoms with van der Waals surface area (Å²) < 4.78 is 7.96. The first-order chi connectivity index (χ1) is 13.2. The predicted molar refractivity (Wildman–Crippen MR) is 110 cm³/mol. The van der Waals surface area contributed by atoms with Gasteiger partial charge < -0.3 is 14.0 Å². The summed E-state index contributed by atoms with van der Waals surface area (Å²) in [5.74, 6) is 1.83. The van der Waals surface area contributed by atoms with Gasteiger partial charge in [0, 0.05) is 29.7 Å². The average Bonchev–Trinajstić information content (AvgIpc) is 3.40. The Bertz CT molecular complexity index is 932. The van der Waals surface area contributed by atoms with Gasteiger partial charge >= 0.3 is 0 Å². The molecule has 2 fully saturated rings. The lowest BCUT2D eigenvalue weighted by molar-refractivity contribution is 0.158. The third-order valence-electron chi connectivity index (χ3n) is 7.21. The number of piperidine rings is 1. The Morgan fingerprint density at radius 1 is 1.07 bits per heavy atom. The summed E-state index contributed by atoms with van der Waals surface area (Å²) in [6, 6.07) is 7.19. The fourth-order valence-electron chi connectivity index (χ4n) is 5.56. The molecule has 1 saturated carbocycles. The van der Waals surface area contributed by atoms with Crippen molar-refractivity contribution < 1.29 is 4.52 Å². The lowest BCUT2D eigenvalue weighted by Gasteiger charge is -2.33. The van der Waals surface area contributed by atoms with Crippen LogP contribution in [0.5, 0.6) is 0 Å². The molecule has 2 atom stereocenters. The number of rotatable bonds is 4. The third-order valence-corrected chi connectivity index (χ3v) is 7.21. The van der Waals surface area contributed by atoms with Gasteiger partial charge in [0.2, 0.25) is 0 Å². The topological polar surface area (TPSA) is 34.2 Å². The average molecular weight is 366 g/mol. The highest BCUT2D eigenvalue weighted by atomic mass is 16.5. The van der Waals surface area contributed by atoms with Crippen LogP contribution in [0.3, 0.4) is 0 Å². The van der Waals surface area contributed by atoms with E-state index in [4.69, 9.17) is 4.52 Å². The van der Waals surface area contributed by atoms with Gasteiger partial charge in [-0.15, -0.1) is 0 Å². The summed E-state index contributed by atoms with van der Waals surface area (Å²) in [5.41, 5.74) is 3.23. The van der Waals surface area contributed by atoms with Gasteiger partial charge in [0.05, 0.1) is 11.1 Å². The number of hydrogen-bond acceptors (Lipinski definition) is 3. The van der Waals surface area contributed by atoms with Gasteiger partial charge in [-0.3, -0.25) is 0 Å². The van der Waals surface area contributed by atoms with Crippen molar-refractivity contribution in [2.45, 2.75) is 58.4 Å². The number of benzene rings is 1. The monoisotopic (exact) mass is 365 g/mol. The maximum Gasteiger partial charge on any atom is 0.167 e. The summed E-state index contributed by atoms with van der Waals surface area (Å²) >= 11 is 0. The van der Waals surface area contributed by atoms with Crippen molar-refractivity contribution in [2.24, 2.45) is 11.8 Å². The van der Waals surface area contributed by atoms with Crippen molar-refractivity contribution in [1.82, 2.24) is 14.6 Å². The normalized spacial score (nSPS) is 25.1. The van der Waals surface area contributed by atoms with Crippen LogP contribution in [0.15, 0.2) is 28.9 Å². The van der Waals surface area contributed by atoms with Crippen LogP contribution < -0.4 is 0 Å². The molecule has 0 bridgehead atoms. The maximum atomic E-state index is 5.44. The van der Waals surface area contributed by atoms with E-state index in [0.29, 0.717) is 6.04 Å². The minimum atomic E-state index is 0.637. The highest BCUT2D eigenvalue weighted by molar-refractivity contribution is 6.06. The zero-order chi connectivity index (χ0) is 18.4. The van der Waals surface area contributed by atoms with E-state index in [0.717, 1.165) is 23.1 Å². The van der Waals surface area contributed by atoms with Gasteiger partial charge in [-0.2, -0.15) is 0 Å². The Morgan fingerprint density at radius 3 is 2.74 bits per heavy atom. The number of aryl methyl sites for hydroxylation is 1. The van der Waals surface area contributed by atoms with Crippen molar-refractivity contribution in [3.05, 3.63) is 30.1 Å². The van der Waals surface area contributed by atoms with Crippen LogP contribution in [0.2, 0.25) is 0 Å². The molecule has 1 aliphatic carbocycles. The molecule has 2 aliphatic rings. The lowest BCUT2D eigenvalue weighted by atomic mass is 9.93. The number of fused-ring (bicyclic) bond motifs is 3. The van der Waals surface area contributed by atoms with Gasteiger partial charge in [-0.05, 0) is 82.2 Å². The second-order valence-electron chi connectivity index (χ2n) is 8.85. The molecule has 5 rings (SSSR count). The third kappa shape index (κ3) is 3.08. The fourth-order valence-corrected chi connectivity index (χ4v) is 5.56. The van der Waals surface area contributed by atoms with E-state index >= 15 is 0 Å². The number of aromatic nitrogens is 2. The molecule has 4 heteroatoms. The SMILES string of the molecule is CCC1CCN(C[C@@H]2CCC(n3ccc4c5c(C)noc5ccc43)C2)CC1. The zero-order valence-corrected chi connectivity index (χ0v) is 16.7. The second kappa shape index (κ2) is 6.97. The lowest BCUT2D eigenvalue weighted by Crippen LogP contribution is -2.36. The largest absolute Gasteiger partial charge is 0.356 e. The van der Waals surface area contributed by atoms with Crippen LogP contribution in [0.25, 0.3) is 21.9 Å². The van der Waals surface area contributed by atoms with Gasteiger partial charge in [-0.1, -0.05) is 18.5 Å². The van der Waals surface area contributed by atoms with Crippen LogP contribution in [0, 0.1) is 18.8 Å². The Balaban J connectivity index is 1.30. The Labute approximate surface area is 161 Å². The quantitative estimate of drug-likeness (QED) is 0.607. The van der Waals surface area contributed by atoms with Crippen LogP contribution in [-0.2, 0) is 0 Å². The summed E-state index contributed by atoms with van der Waals surface area (Å²) in [5, 5.41) is 6.62. The van der Waals surface area contributed by atoms with Crippen LogP contribution in [0.4, 0.5) is 0 Å². The molecule has 0 spiro atoms. The molecule has 1 aromatic carbocycles. The maximum absolute atomic E-state index is 5.44. The molecule has 1 saturated heterocycles. The smallest absolute Gasteiger partial charge is 0.167 e. The molecule has 27 heavy (non-hydrogen) atoms.